The first kappa shape index (κ1) is 23.1. The van der Waals surface area contributed by atoms with E-state index >= 15 is 0 Å². The zero-order valence-electron chi connectivity index (χ0n) is 17.8. The highest BCUT2D eigenvalue weighted by molar-refractivity contribution is 7.09. The second-order valence-corrected chi connectivity index (χ2v) is 8.26. The van der Waals surface area contributed by atoms with E-state index in [4.69, 9.17) is 10.5 Å². The monoisotopic (exact) mass is 483 g/mol. The number of anilines is 1. The first-order valence-electron chi connectivity index (χ1n) is 9.79. The first-order chi connectivity index (χ1) is 16.0. The molecule has 0 saturated carbocycles. The summed E-state index contributed by atoms with van der Waals surface area (Å²) >= 11 is 1.03. The number of benzene rings is 1. The second kappa shape index (κ2) is 8.72. The predicted octanol–water partition coefficient (Wildman–Crippen LogP) is 4.41. The highest BCUT2D eigenvalue weighted by Crippen LogP contribution is 2.30. The van der Waals surface area contributed by atoms with Gasteiger partial charge in [-0.2, -0.15) is 13.2 Å². The molecule has 1 aromatic carbocycles. The number of aryl methyl sites for hydroxylation is 1. The van der Waals surface area contributed by atoms with Gasteiger partial charge in [0, 0.05) is 40.0 Å². The molecule has 0 spiro atoms. The summed E-state index contributed by atoms with van der Waals surface area (Å²) in [5.74, 6) is 3.71. The van der Waals surface area contributed by atoms with E-state index in [2.05, 4.69) is 31.8 Å². The van der Waals surface area contributed by atoms with Gasteiger partial charge in [0.05, 0.1) is 0 Å². The number of carbonyl (C=O) groups is 1. The van der Waals surface area contributed by atoms with Crippen molar-refractivity contribution in [3.63, 3.8) is 0 Å². The third-order valence-electron chi connectivity index (χ3n) is 4.66. The summed E-state index contributed by atoms with van der Waals surface area (Å²) in [7, 11) is 0. The topological polar surface area (TPSA) is 104 Å². The molecule has 0 saturated heterocycles. The molecule has 0 aliphatic carbocycles. The van der Waals surface area contributed by atoms with Crippen molar-refractivity contribution in [1.29, 1.82) is 0 Å². The van der Waals surface area contributed by atoms with Crippen LogP contribution in [0.2, 0.25) is 0 Å². The number of hydrogen-bond acceptors (Lipinski definition) is 8. The Kier molecular flexibility index (Phi) is 5.93. The number of nitrogen functional groups attached to an aromatic ring is 1. The van der Waals surface area contributed by atoms with Crippen molar-refractivity contribution < 1.29 is 22.7 Å². The largest absolute Gasteiger partial charge is 0.490 e. The van der Waals surface area contributed by atoms with Crippen LogP contribution in [-0.4, -0.2) is 32.1 Å². The minimum Gasteiger partial charge on any atom is -0.432 e. The molecule has 0 unspecified atom stereocenters. The van der Waals surface area contributed by atoms with Crippen LogP contribution < -0.4 is 5.73 Å². The lowest BCUT2D eigenvalue weighted by Gasteiger charge is -2.22. The van der Waals surface area contributed by atoms with Crippen molar-refractivity contribution in [3.8, 4) is 23.2 Å². The fraction of sp³-hybridized carbons (Fsp3) is 0.174. The Labute approximate surface area is 195 Å². The number of thiazole rings is 1. The number of esters is 1. The molecule has 0 radical (unpaired) electrons. The number of carbonyl (C=O) groups excluding carboxylic acids is 1. The molecule has 0 fully saturated rings. The number of nitrogens with two attached hydrogens (primary N) is 1. The normalized spacial score (nSPS) is 13.1. The van der Waals surface area contributed by atoms with E-state index in [0.717, 1.165) is 22.4 Å². The van der Waals surface area contributed by atoms with Crippen LogP contribution in [-0.2, 0) is 15.1 Å². The first-order valence-corrected chi connectivity index (χ1v) is 10.7. The van der Waals surface area contributed by atoms with Crippen LogP contribution in [0.3, 0.4) is 0 Å². The Hall–Kier alpha value is -4.04. The molecule has 3 aromatic heterocycles. The van der Waals surface area contributed by atoms with Crippen molar-refractivity contribution >= 4 is 34.0 Å². The maximum absolute atomic E-state index is 12.8. The zero-order chi connectivity index (χ0) is 24.5. The van der Waals surface area contributed by atoms with E-state index in [-0.39, 0.29) is 10.8 Å². The molecule has 0 aliphatic heterocycles. The molecule has 172 valence electrons. The average Bonchev–Trinajstić information content (AvgIpc) is 3.33. The molecule has 4 rings (SSSR count). The van der Waals surface area contributed by atoms with Gasteiger partial charge in [-0.1, -0.05) is 18.1 Å². The van der Waals surface area contributed by atoms with Crippen molar-refractivity contribution in [3.05, 3.63) is 64.4 Å². The van der Waals surface area contributed by atoms with Gasteiger partial charge >= 0.3 is 12.1 Å². The third-order valence-corrected chi connectivity index (χ3v) is 5.63. The fourth-order valence-corrected chi connectivity index (χ4v) is 3.78. The maximum atomic E-state index is 12.8. The summed E-state index contributed by atoms with van der Waals surface area (Å²) < 4.78 is 43.2. The van der Waals surface area contributed by atoms with E-state index in [1.165, 1.54) is 13.1 Å². The molecule has 7 nitrogen and oxygen atoms in total. The maximum Gasteiger partial charge on any atom is 0.490 e. The molecule has 11 heteroatoms. The van der Waals surface area contributed by atoms with E-state index in [0.29, 0.717) is 22.5 Å². The van der Waals surface area contributed by atoms with Crippen LogP contribution >= 0.6 is 11.3 Å². The lowest BCUT2D eigenvalue weighted by molar-refractivity contribution is -0.209. The molecule has 34 heavy (non-hydrogen) atoms. The van der Waals surface area contributed by atoms with E-state index in [1.807, 2.05) is 13.0 Å². The number of pyridine rings is 1. The van der Waals surface area contributed by atoms with Gasteiger partial charge in [0.2, 0.25) is 5.60 Å². The van der Waals surface area contributed by atoms with Crippen LogP contribution in [0.25, 0.3) is 22.3 Å². The fourth-order valence-electron chi connectivity index (χ4n) is 3.09. The van der Waals surface area contributed by atoms with Crippen LogP contribution in [0.5, 0.6) is 0 Å². The number of alkyl halides is 3. The quantitative estimate of drug-likeness (QED) is 0.340. The minimum absolute atomic E-state index is 0.116. The standard InChI is InChI=1S/C23H16F3N5O2S/c1-13-10-16-12-29-19(31-17(16)18(27)30-13)15-5-3-4-14(11-15)6-7-22(2,20-28-8-9-34-20)33-21(32)23(24,25)26/h3-5,8-12H,1-2H3,(H2,27,30)/t22-/m1/s1. The summed E-state index contributed by atoms with van der Waals surface area (Å²) in [5, 5.41) is 2.41. The van der Waals surface area contributed by atoms with Gasteiger partial charge in [-0.25, -0.2) is 24.7 Å². The zero-order valence-corrected chi connectivity index (χ0v) is 18.7. The Morgan fingerprint density at radius 2 is 1.97 bits per heavy atom. The number of aromatic nitrogens is 4. The van der Waals surface area contributed by atoms with Gasteiger partial charge in [-0.15, -0.1) is 11.3 Å². The number of rotatable bonds is 3. The average molecular weight is 483 g/mol. The van der Waals surface area contributed by atoms with Crippen LogP contribution in [0, 0.1) is 18.8 Å². The van der Waals surface area contributed by atoms with Crippen molar-refractivity contribution in [1.82, 2.24) is 19.9 Å². The molecule has 0 bridgehead atoms. The van der Waals surface area contributed by atoms with Crippen molar-refractivity contribution in [2.45, 2.75) is 25.6 Å². The molecule has 0 amide bonds. The lowest BCUT2D eigenvalue weighted by atomic mass is 10.1. The lowest BCUT2D eigenvalue weighted by Crippen LogP contribution is -2.35. The Bertz CT molecular complexity index is 1440. The molecule has 3 heterocycles. The Morgan fingerprint density at radius 3 is 2.68 bits per heavy atom. The Balaban J connectivity index is 1.70. The van der Waals surface area contributed by atoms with E-state index < -0.39 is 17.7 Å². The molecule has 4 aromatic rings. The number of ether oxygens (including phenoxy) is 1. The summed E-state index contributed by atoms with van der Waals surface area (Å²) in [4.78, 5) is 28.6. The smallest absolute Gasteiger partial charge is 0.432 e. The van der Waals surface area contributed by atoms with Gasteiger partial charge < -0.3 is 10.5 Å². The highest BCUT2D eigenvalue weighted by Gasteiger charge is 2.46. The molecule has 2 N–H and O–H groups in total. The number of nitrogens with zero attached hydrogens (tertiary/aromatic N) is 4. The van der Waals surface area contributed by atoms with Gasteiger partial charge in [-0.3, -0.25) is 0 Å². The van der Waals surface area contributed by atoms with Crippen LogP contribution in [0.15, 0.2) is 48.1 Å². The summed E-state index contributed by atoms with van der Waals surface area (Å²) in [6, 6.07) is 8.60. The third kappa shape index (κ3) is 4.82. The van der Waals surface area contributed by atoms with Gasteiger partial charge in [0.1, 0.15) is 16.3 Å². The van der Waals surface area contributed by atoms with Crippen LogP contribution in [0.4, 0.5) is 19.0 Å². The number of fused-ring (bicyclic) bond motifs is 1. The van der Waals surface area contributed by atoms with Crippen LogP contribution in [0.1, 0.15) is 23.2 Å². The molecule has 0 aliphatic rings. The number of halogens is 3. The van der Waals surface area contributed by atoms with E-state index in [9.17, 15) is 18.0 Å². The Morgan fingerprint density at radius 1 is 1.18 bits per heavy atom. The van der Waals surface area contributed by atoms with Gasteiger partial charge in [-0.05, 0) is 38.0 Å². The predicted molar refractivity (Wildman–Crippen MR) is 120 cm³/mol. The summed E-state index contributed by atoms with van der Waals surface area (Å²) in [6.45, 7) is 3.08. The van der Waals surface area contributed by atoms with Crippen molar-refractivity contribution in [2.24, 2.45) is 0 Å². The van der Waals surface area contributed by atoms with Crippen molar-refractivity contribution in [2.75, 3.05) is 5.73 Å². The second-order valence-electron chi connectivity index (χ2n) is 7.37. The van der Waals surface area contributed by atoms with E-state index in [1.54, 1.807) is 35.8 Å². The summed E-state index contributed by atoms with van der Waals surface area (Å²) in [6.07, 6.45) is -2.14. The highest BCUT2D eigenvalue weighted by atomic mass is 32.1. The number of hydrogen-bond donors (Lipinski definition) is 1. The SMILES string of the molecule is Cc1cc2cnc(-c3cccc(C#C[C@@](C)(OC(=O)C(F)(F)F)c4nccs4)c3)nc2c(N)n1. The molecular formula is C23H16F3N5O2S. The summed E-state index contributed by atoms with van der Waals surface area (Å²) in [5.41, 5.74) is 6.40. The molecular weight excluding hydrogens is 467 g/mol. The van der Waals surface area contributed by atoms with Gasteiger partial charge in [0.25, 0.3) is 0 Å². The molecule has 1 atom stereocenters. The minimum atomic E-state index is -5.16. The van der Waals surface area contributed by atoms with Gasteiger partial charge in [0.15, 0.2) is 5.82 Å².